The van der Waals surface area contributed by atoms with Crippen molar-refractivity contribution in [3.8, 4) is 5.75 Å². The lowest BCUT2D eigenvalue weighted by Gasteiger charge is -2.15. The number of aromatic nitrogens is 3. The van der Waals surface area contributed by atoms with Crippen LogP contribution in [0.1, 0.15) is 18.9 Å². The van der Waals surface area contributed by atoms with Crippen molar-refractivity contribution in [2.75, 3.05) is 11.1 Å². The second kappa shape index (κ2) is 9.71. The average molecular weight is 472 g/mol. The molecule has 1 aromatic heterocycles. The number of hydrogen-bond donors (Lipinski definition) is 1. The Hall–Kier alpha value is -1.93. The summed E-state index contributed by atoms with van der Waals surface area (Å²) < 4.78 is 7.67. The Kier molecular flexibility index (Phi) is 7.29. The molecule has 0 aliphatic rings. The number of nitrogens with zero attached hydrogens (tertiary/aromatic N) is 3. The molecule has 2 aromatic carbocycles. The first-order chi connectivity index (χ1) is 13.8. The van der Waals surface area contributed by atoms with Crippen molar-refractivity contribution in [2.45, 2.75) is 18.2 Å². The third kappa shape index (κ3) is 5.57. The molecule has 0 saturated heterocycles. The van der Waals surface area contributed by atoms with Gasteiger partial charge in [-0.15, -0.1) is 10.2 Å². The number of hydrogen-bond acceptors (Lipinski definition) is 5. The van der Waals surface area contributed by atoms with Crippen LogP contribution in [0, 0.1) is 0 Å². The minimum absolute atomic E-state index is 0.133. The Bertz CT molecular complexity index is 1030. The molecule has 0 radical (unpaired) electrons. The van der Waals surface area contributed by atoms with Crippen LogP contribution < -0.4 is 10.1 Å². The van der Waals surface area contributed by atoms with Gasteiger partial charge in [-0.05, 0) is 37.3 Å². The predicted octanol–water partition coefficient (Wildman–Crippen LogP) is 5.65. The van der Waals surface area contributed by atoms with Gasteiger partial charge in [0.15, 0.2) is 17.1 Å². The molecular formula is C19H17Cl3N4O2S. The number of thioether (sulfide) groups is 1. The lowest BCUT2D eigenvalue weighted by atomic mass is 10.3. The molecule has 0 saturated carbocycles. The Morgan fingerprint density at radius 2 is 1.93 bits per heavy atom. The maximum atomic E-state index is 12.2. The highest BCUT2D eigenvalue weighted by Crippen LogP contribution is 2.29. The molecule has 0 aliphatic carbocycles. The summed E-state index contributed by atoms with van der Waals surface area (Å²) in [7, 11) is 1.82. The smallest absolute Gasteiger partial charge is 0.234 e. The molecule has 1 N–H and O–H groups in total. The third-order valence-electron chi connectivity index (χ3n) is 3.91. The molecule has 0 aliphatic heterocycles. The summed E-state index contributed by atoms with van der Waals surface area (Å²) in [6, 6.07) is 12.1. The summed E-state index contributed by atoms with van der Waals surface area (Å²) in [4.78, 5) is 12.2. The molecular weight excluding hydrogens is 455 g/mol. The summed E-state index contributed by atoms with van der Waals surface area (Å²) in [5, 5.41) is 13.1. The zero-order chi connectivity index (χ0) is 21.0. The van der Waals surface area contributed by atoms with E-state index < -0.39 is 0 Å². The predicted molar refractivity (Wildman–Crippen MR) is 117 cm³/mol. The van der Waals surface area contributed by atoms with Crippen molar-refractivity contribution in [1.82, 2.24) is 14.8 Å². The SMILES string of the molecule is CC(Oc1ccccc1Cl)c1nnc(SCC(=O)Nc2cc(Cl)ccc2Cl)n1C. The number of para-hydroxylation sites is 1. The summed E-state index contributed by atoms with van der Waals surface area (Å²) in [5.41, 5.74) is 0.463. The first kappa shape index (κ1) is 21.8. The largest absolute Gasteiger partial charge is 0.481 e. The number of rotatable bonds is 7. The van der Waals surface area contributed by atoms with Crippen LogP contribution in [0.3, 0.4) is 0 Å². The summed E-state index contributed by atoms with van der Waals surface area (Å²) in [5.74, 6) is 1.08. The van der Waals surface area contributed by atoms with Crippen molar-refractivity contribution < 1.29 is 9.53 Å². The maximum absolute atomic E-state index is 12.2. The second-order valence-corrected chi connectivity index (χ2v) is 8.24. The third-order valence-corrected chi connectivity index (χ3v) is 5.80. The van der Waals surface area contributed by atoms with Gasteiger partial charge in [0.05, 0.1) is 21.5 Å². The van der Waals surface area contributed by atoms with Crippen molar-refractivity contribution in [2.24, 2.45) is 7.05 Å². The van der Waals surface area contributed by atoms with E-state index in [-0.39, 0.29) is 17.8 Å². The monoisotopic (exact) mass is 470 g/mol. The first-order valence-electron chi connectivity index (χ1n) is 8.53. The van der Waals surface area contributed by atoms with Crippen LogP contribution in [0.2, 0.25) is 15.1 Å². The summed E-state index contributed by atoms with van der Waals surface area (Å²) >= 11 is 19.4. The lowest BCUT2D eigenvalue weighted by Crippen LogP contribution is -2.15. The fourth-order valence-corrected chi connectivity index (χ4v) is 3.73. The number of amides is 1. The van der Waals surface area contributed by atoms with Gasteiger partial charge in [0.1, 0.15) is 5.75 Å². The molecule has 29 heavy (non-hydrogen) atoms. The van der Waals surface area contributed by atoms with E-state index in [0.717, 1.165) is 0 Å². The molecule has 3 rings (SSSR count). The number of anilines is 1. The van der Waals surface area contributed by atoms with E-state index in [1.54, 1.807) is 34.9 Å². The molecule has 6 nitrogen and oxygen atoms in total. The molecule has 0 fully saturated rings. The van der Waals surface area contributed by atoms with Gasteiger partial charge >= 0.3 is 0 Å². The van der Waals surface area contributed by atoms with Crippen LogP contribution in [-0.2, 0) is 11.8 Å². The van der Waals surface area contributed by atoms with E-state index >= 15 is 0 Å². The van der Waals surface area contributed by atoms with Crippen LogP contribution in [-0.4, -0.2) is 26.4 Å². The quantitative estimate of drug-likeness (QED) is 0.451. The highest BCUT2D eigenvalue weighted by Gasteiger charge is 2.19. The molecule has 0 bridgehead atoms. The Labute approximate surface area is 187 Å². The van der Waals surface area contributed by atoms with E-state index in [4.69, 9.17) is 39.5 Å². The highest BCUT2D eigenvalue weighted by atomic mass is 35.5. The Morgan fingerprint density at radius 1 is 1.17 bits per heavy atom. The van der Waals surface area contributed by atoms with Crippen molar-refractivity contribution in [3.05, 3.63) is 63.4 Å². The van der Waals surface area contributed by atoms with Gasteiger partial charge in [-0.2, -0.15) is 0 Å². The molecule has 1 atom stereocenters. The number of ether oxygens (including phenoxy) is 1. The first-order valence-corrected chi connectivity index (χ1v) is 10.6. The van der Waals surface area contributed by atoms with Gasteiger partial charge in [-0.1, -0.05) is 58.7 Å². The molecule has 10 heteroatoms. The number of carbonyl (C=O) groups is 1. The zero-order valence-electron chi connectivity index (χ0n) is 15.5. The minimum Gasteiger partial charge on any atom is -0.481 e. The number of carbonyl (C=O) groups excluding carboxylic acids is 1. The highest BCUT2D eigenvalue weighted by molar-refractivity contribution is 7.99. The van der Waals surface area contributed by atoms with Crippen molar-refractivity contribution >= 4 is 58.2 Å². The Morgan fingerprint density at radius 3 is 2.69 bits per heavy atom. The van der Waals surface area contributed by atoms with Gasteiger partial charge in [-0.25, -0.2) is 0 Å². The van der Waals surface area contributed by atoms with Crippen LogP contribution in [0.15, 0.2) is 47.6 Å². The Balaban J connectivity index is 1.61. The van der Waals surface area contributed by atoms with Gasteiger partial charge in [0.2, 0.25) is 5.91 Å². The summed E-state index contributed by atoms with van der Waals surface area (Å²) in [6.07, 6.45) is -0.374. The number of halogens is 3. The molecule has 3 aromatic rings. The topological polar surface area (TPSA) is 69.0 Å². The van der Waals surface area contributed by atoms with Crippen molar-refractivity contribution in [3.63, 3.8) is 0 Å². The standard InChI is InChI=1S/C19H17Cl3N4O2S/c1-11(28-16-6-4-3-5-14(16)22)18-24-25-19(26(18)2)29-10-17(27)23-15-9-12(20)7-8-13(15)21/h3-9,11H,10H2,1-2H3,(H,23,27). The van der Waals surface area contributed by atoms with Crippen LogP contribution >= 0.6 is 46.6 Å². The van der Waals surface area contributed by atoms with E-state index in [1.165, 1.54) is 11.8 Å². The average Bonchev–Trinajstić information content (AvgIpc) is 3.05. The van der Waals surface area contributed by atoms with E-state index in [9.17, 15) is 4.79 Å². The van der Waals surface area contributed by atoms with Gasteiger partial charge in [0, 0.05) is 12.1 Å². The van der Waals surface area contributed by atoms with Crippen molar-refractivity contribution in [1.29, 1.82) is 0 Å². The normalized spacial score (nSPS) is 11.9. The van der Waals surface area contributed by atoms with Crippen LogP contribution in [0.4, 0.5) is 5.69 Å². The molecule has 0 spiro atoms. The fourth-order valence-electron chi connectivity index (χ4n) is 2.50. The van der Waals surface area contributed by atoms with E-state index in [1.807, 2.05) is 26.1 Å². The summed E-state index contributed by atoms with van der Waals surface area (Å²) in [6.45, 7) is 1.86. The second-order valence-electron chi connectivity index (χ2n) is 6.05. The fraction of sp³-hybridized carbons (Fsp3) is 0.211. The van der Waals surface area contributed by atoms with Crippen LogP contribution in [0.25, 0.3) is 0 Å². The van der Waals surface area contributed by atoms with Gasteiger partial charge < -0.3 is 14.6 Å². The van der Waals surface area contributed by atoms with Crippen LogP contribution in [0.5, 0.6) is 5.75 Å². The molecule has 1 unspecified atom stereocenters. The number of benzene rings is 2. The van der Waals surface area contributed by atoms with E-state index in [2.05, 4.69) is 15.5 Å². The van der Waals surface area contributed by atoms with Gasteiger partial charge in [0.25, 0.3) is 0 Å². The van der Waals surface area contributed by atoms with E-state index in [0.29, 0.717) is 37.5 Å². The lowest BCUT2D eigenvalue weighted by molar-refractivity contribution is -0.113. The van der Waals surface area contributed by atoms with Gasteiger partial charge in [-0.3, -0.25) is 4.79 Å². The molecule has 1 heterocycles. The molecule has 152 valence electrons. The number of nitrogens with one attached hydrogen (secondary N) is 1. The molecule has 1 amide bonds. The zero-order valence-corrected chi connectivity index (χ0v) is 18.6. The minimum atomic E-state index is -0.374. The maximum Gasteiger partial charge on any atom is 0.234 e.